The van der Waals surface area contributed by atoms with Crippen LogP contribution in [0.3, 0.4) is 0 Å². The van der Waals surface area contributed by atoms with E-state index >= 15 is 0 Å². The zero-order valence-corrected chi connectivity index (χ0v) is 19.9. The van der Waals surface area contributed by atoms with Crippen LogP contribution in [0.1, 0.15) is 21.9 Å². The van der Waals surface area contributed by atoms with Crippen LogP contribution in [0, 0.1) is 0 Å². The fraction of sp³-hybridized carbons (Fsp3) is 0.286. The van der Waals surface area contributed by atoms with Crippen molar-refractivity contribution in [3.63, 3.8) is 0 Å². The van der Waals surface area contributed by atoms with Crippen molar-refractivity contribution in [1.82, 2.24) is 0 Å². The molecule has 10 nitrogen and oxygen atoms in total. The minimum atomic E-state index is -4.97. The predicted octanol–water partition coefficient (Wildman–Crippen LogP) is 2.65. The van der Waals surface area contributed by atoms with Gasteiger partial charge < -0.3 is 24.1 Å². The molecule has 0 heterocycles. The lowest BCUT2D eigenvalue weighted by Gasteiger charge is -2.15. The topological polar surface area (TPSA) is 146 Å². The number of carboxylic acid groups (broad SMARTS) is 1. The van der Waals surface area contributed by atoms with Crippen LogP contribution < -0.4 is 18.9 Å². The van der Waals surface area contributed by atoms with E-state index in [1.54, 1.807) is 18.2 Å². The Morgan fingerprint density at radius 3 is 2.03 bits per heavy atom. The van der Waals surface area contributed by atoms with E-state index in [-0.39, 0.29) is 17.1 Å². The molecule has 12 heteroatoms. The zero-order chi connectivity index (χ0) is 24.8. The lowest BCUT2D eigenvalue weighted by Crippen LogP contribution is -2.22. The van der Waals surface area contributed by atoms with Crippen LogP contribution in [0.25, 0.3) is 6.08 Å². The summed E-state index contributed by atoms with van der Waals surface area (Å²) in [4.78, 5) is 11.5. The molecule has 2 aromatic carbocycles. The second kappa shape index (κ2) is 11.2. The van der Waals surface area contributed by atoms with Gasteiger partial charge in [-0.2, -0.15) is 8.42 Å². The number of ether oxygens (including phenoxy) is 4. The molecule has 2 unspecified atom stereocenters. The molecule has 2 rings (SSSR count). The third kappa shape index (κ3) is 6.46. The van der Waals surface area contributed by atoms with E-state index in [1.807, 2.05) is 0 Å². The molecule has 2 aromatic rings. The molecule has 0 bridgehead atoms. The Labute approximate surface area is 193 Å². The first kappa shape index (κ1) is 26.2. The summed E-state index contributed by atoms with van der Waals surface area (Å²) >= 11 is 0. The summed E-state index contributed by atoms with van der Waals surface area (Å²) in [7, 11) is -0.886. The Morgan fingerprint density at radius 2 is 1.58 bits per heavy atom. The second-order valence-corrected chi connectivity index (χ2v) is 9.41. The molecular weight excluding hydrogens is 476 g/mol. The fourth-order valence-corrected chi connectivity index (χ4v) is 4.70. The van der Waals surface area contributed by atoms with E-state index in [0.717, 1.165) is 0 Å². The third-order valence-electron chi connectivity index (χ3n) is 4.55. The minimum absolute atomic E-state index is 0.0437. The van der Waals surface area contributed by atoms with Gasteiger partial charge in [0.1, 0.15) is 23.0 Å². The van der Waals surface area contributed by atoms with Crippen molar-refractivity contribution < 1.29 is 46.0 Å². The zero-order valence-electron chi connectivity index (χ0n) is 18.3. The quantitative estimate of drug-likeness (QED) is 0.442. The molecule has 0 amide bonds. The molecule has 0 aliphatic rings. The van der Waals surface area contributed by atoms with E-state index in [0.29, 0.717) is 28.4 Å². The van der Waals surface area contributed by atoms with E-state index in [1.165, 1.54) is 52.0 Å². The van der Waals surface area contributed by atoms with Crippen LogP contribution >= 0.6 is 0 Å². The van der Waals surface area contributed by atoms with Gasteiger partial charge in [-0.25, -0.2) is 0 Å². The fourth-order valence-electron chi connectivity index (χ4n) is 3.05. The van der Waals surface area contributed by atoms with Crippen molar-refractivity contribution in [1.29, 1.82) is 0 Å². The molecule has 2 atom stereocenters. The Balaban J connectivity index is 2.37. The number of carbonyl (C=O) groups is 1. The molecule has 33 heavy (non-hydrogen) atoms. The number of methoxy groups -OCH3 is 4. The Morgan fingerprint density at radius 1 is 1.00 bits per heavy atom. The van der Waals surface area contributed by atoms with Crippen molar-refractivity contribution >= 4 is 33.0 Å². The number of aliphatic carboxylic acids is 1. The van der Waals surface area contributed by atoms with Crippen LogP contribution in [0.2, 0.25) is 0 Å². The maximum atomic E-state index is 12.7. The standard InChI is InChI=1S/C21H24O10S2/c1-28-14-10-18(30-3)15(19(11-14)31-4)7-8-32(24)12-13-5-6-17(29-2)16(9-13)20(21(22)23)33(25,26)27/h5-11,20H,12H2,1-4H3,(H,22,23)(H,25,26,27)/b8-7+. The third-order valence-corrected chi connectivity index (χ3v) is 6.66. The van der Waals surface area contributed by atoms with Crippen LogP contribution in [0.5, 0.6) is 23.0 Å². The minimum Gasteiger partial charge on any atom is -0.496 e. The first-order valence-corrected chi connectivity index (χ1v) is 12.2. The van der Waals surface area contributed by atoms with Crippen molar-refractivity contribution in [2.24, 2.45) is 0 Å². The lowest BCUT2D eigenvalue weighted by molar-refractivity contribution is -0.136. The number of benzene rings is 2. The van der Waals surface area contributed by atoms with Crippen molar-refractivity contribution in [3.8, 4) is 23.0 Å². The Hall–Kier alpha value is -3.09. The number of hydrogen-bond acceptors (Lipinski definition) is 8. The first-order valence-electron chi connectivity index (χ1n) is 9.27. The maximum absolute atomic E-state index is 12.7. The number of carboxylic acids is 1. The first-order chi connectivity index (χ1) is 15.5. The summed E-state index contributed by atoms with van der Waals surface area (Å²) < 4.78 is 66.2. The molecule has 0 aliphatic heterocycles. The van der Waals surface area contributed by atoms with Gasteiger partial charge in [0.15, 0.2) is 0 Å². The summed E-state index contributed by atoms with van der Waals surface area (Å²) in [5.41, 5.74) is 0.628. The van der Waals surface area contributed by atoms with Crippen LogP contribution in [0.4, 0.5) is 0 Å². The van der Waals surface area contributed by atoms with Gasteiger partial charge in [0, 0.05) is 23.1 Å². The second-order valence-electron chi connectivity index (χ2n) is 6.58. The van der Waals surface area contributed by atoms with Crippen LogP contribution in [-0.4, -0.2) is 56.7 Å². The molecule has 0 aliphatic carbocycles. The highest BCUT2D eigenvalue weighted by atomic mass is 32.2. The molecule has 0 saturated heterocycles. The van der Waals surface area contributed by atoms with Gasteiger partial charge in [-0.1, -0.05) is 6.07 Å². The molecular formula is C21H24O10S2. The lowest BCUT2D eigenvalue weighted by atomic mass is 10.1. The van der Waals surface area contributed by atoms with E-state index in [2.05, 4.69) is 0 Å². The van der Waals surface area contributed by atoms with Gasteiger partial charge in [-0.15, -0.1) is 0 Å². The van der Waals surface area contributed by atoms with Crippen LogP contribution in [0.15, 0.2) is 35.7 Å². The SMILES string of the molecule is COc1cc(OC)c(/C=C/S(=O)Cc2ccc(OC)c(C(C(=O)O)S(=O)(=O)O)c2)c(OC)c1. The molecule has 0 radical (unpaired) electrons. The summed E-state index contributed by atoms with van der Waals surface area (Å²) in [6.07, 6.45) is 1.55. The normalized spacial score (nSPS) is 13.4. The summed E-state index contributed by atoms with van der Waals surface area (Å²) in [5, 5.41) is 8.45. The Bertz CT molecular complexity index is 1150. The summed E-state index contributed by atoms with van der Waals surface area (Å²) in [5.74, 6) is -0.496. The molecule has 0 saturated carbocycles. The van der Waals surface area contributed by atoms with Crippen LogP contribution in [-0.2, 0) is 31.5 Å². The van der Waals surface area contributed by atoms with Crippen molar-refractivity contribution in [2.45, 2.75) is 11.0 Å². The van der Waals surface area contributed by atoms with Gasteiger partial charge in [-0.05, 0) is 23.8 Å². The highest BCUT2D eigenvalue weighted by Gasteiger charge is 2.35. The molecule has 2 N–H and O–H groups in total. The molecule has 180 valence electrons. The van der Waals surface area contributed by atoms with E-state index in [4.69, 9.17) is 18.9 Å². The monoisotopic (exact) mass is 500 g/mol. The van der Waals surface area contributed by atoms with Crippen molar-refractivity contribution in [3.05, 3.63) is 52.4 Å². The maximum Gasteiger partial charge on any atom is 0.329 e. The smallest absolute Gasteiger partial charge is 0.329 e. The van der Waals surface area contributed by atoms with Gasteiger partial charge >= 0.3 is 5.97 Å². The molecule has 0 fully saturated rings. The molecule has 0 spiro atoms. The summed E-state index contributed by atoms with van der Waals surface area (Å²) in [6.45, 7) is 0. The predicted molar refractivity (Wildman–Crippen MR) is 122 cm³/mol. The highest BCUT2D eigenvalue weighted by molar-refractivity contribution is 7.87. The highest BCUT2D eigenvalue weighted by Crippen LogP contribution is 2.35. The number of hydrogen-bond donors (Lipinski definition) is 2. The van der Waals surface area contributed by atoms with Gasteiger partial charge in [0.2, 0.25) is 5.25 Å². The van der Waals surface area contributed by atoms with E-state index < -0.39 is 32.1 Å². The van der Waals surface area contributed by atoms with Gasteiger partial charge in [0.05, 0.1) is 50.6 Å². The Kier molecular flexibility index (Phi) is 8.85. The number of rotatable bonds is 11. The average molecular weight is 501 g/mol. The molecule has 0 aromatic heterocycles. The van der Waals surface area contributed by atoms with Gasteiger partial charge in [0.25, 0.3) is 10.1 Å². The average Bonchev–Trinajstić information content (AvgIpc) is 2.76. The van der Waals surface area contributed by atoms with Crippen molar-refractivity contribution in [2.75, 3.05) is 28.4 Å². The van der Waals surface area contributed by atoms with E-state index in [9.17, 15) is 27.1 Å². The largest absolute Gasteiger partial charge is 0.496 e. The summed E-state index contributed by atoms with van der Waals surface area (Å²) in [6, 6.07) is 7.38. The van der Waals surface area contributed by atoms with Gasteiger partial charge in [-0.3, -0.25) is 13.6 Å².